The number of Topliss-reactive ketones (excluding diaryl/α,β-unsaturated/α-hetero) is 4. The summed E-state index contributed by atoms with van der Waals surface area (Å²) in [5, 5.41) is 8.18. The highest BCUT2D eigenvalue weighted by molar-refractivity contribution is 6.62. The number of halogens is 3. The molecule has 5 N–H and O–H groups in total. The maximum absolute atomic E-state index is 14.5. The van der Waals surface area contributed by atoms with Crippen LogP contribution in [0.25, 0.3) is 0 Å². The fourth-order valence-electron chi connectivity index (χ4n) is 14.2. The standard InChI is InChI=1S/C43H44FN3O6.C41H42FN3O5.C2H3ClO/c1-28(48)45-38-25-30-9-7-13-35(23-30)53-34-19-16-29(17-20-34)24-37(40(49)21-18-31-10-5-6-14-36(31)44)46-43(52)33(26-41(38)50)27-42(51)47-22-8-15-39(47)32-11-3-2-4-12-32;42-34-13-5-4-9-29(34)17-20-38(46)36-24-27-15-18-32(19-16-27)50-33-12-6-8-28(22-33)23-35(43)39(47)25-31(41(49)44-36)26-40(48)45-21-7-14-37(45)30-10-2-1-3-11-30;1-2(3)4/h2-7,9-14,16-17,19-20,23,33,37-39H,8,15,18,21-22,24-27H2,1H3,(H,45,48)(H,46,52);1-6,8-13,15-16,18-19,22,31,35-37H,7,14,17,20-21,23-26,43H2,(H,44,49);1H3/t33-,37-,38-,39+;31-,35-,36-,37+;/m00./s1. The van der Waals surface area contributed by atoms with Crippen LogP contribution in [0.3, 0.4) is 0 Å². The molecule has 14 rings (SSSR count). The minimum Gasteiger partial charge on any atom is -0.457 e. The number of hydrogen-bond acceptors (Lipinski definition) is 13. The summed E-state index contributed by atoms with van der Waals surface area (Å²) in [5.41, 5.74) is 12.3. The lowest BCUT2D eigenvalue weighted by Gasteiger charge is -2.28. The lowest BCUT2D eigenvalue weighted by atomic mass is 9.90. The minimum atomic E-state index is -1.13. The Morgan fingerprint density at radius 1 is 0.477 bits per heavy atom. The van der Waals surface area contributed by atoms with Crippen molar-refractivity contribution in [2.24, 2.45) is 17.6 Å². The van der Waals surface area contributed by atoms with Gasteiger partial charge in [0.2, 0.25) is 34.8 Å². The molecule has 0 spiro atoms. The van der Waals surface area contributed by atoms with Gasteiger partial charge in [0.25, 0.3) is 0 Å². The summed E-state index contributed by atoms with van der Waals surface area (Å²) in [4.78, 5) is 137. The Labute approximate surface area is 627 Å². The molecule has 18 nitrogen and oxygen atoms in total. The van der Waals surface area contributed by atoms with Gasteiger partial charge in [-0.1, -0.05) is 146 Å². The molecule has 2 saturated heterocycles. The quantitative estimate of drug-likeness (QED) is 0.0697. The van der Waals surface area contributed by atoms with Gasteiger partial charge in [-0.05, 0) is 181 Å². The van der Waals surface area contributed by atoms with Crippen molar-refractivity contribution in [2.75, 3.05) is 13.1 Å². The van der Waals surface area contributed by atoms with Crippen LogP contribution < -0.4 is 31.2 Å². The summed E-state index contributed by atoms with van der Waals surface area (Å²) in [6.45, 7) is 3.68. The minimum absolute atomic E-state index is 0.0113. The molecule has 2 fully saturated rings. The van der Waals surface area contributed by atoms with Gasteiger partial charge in [0.05, 0.1) is 48.1 Å². The number of likely N-dealkylation sites (tertiary alicyclic amines) is 2. The van der Waals surface area contributed by atoms with Crippen LogP contribution >= 0.6 is 11.6 Å². The molecule has 5 amide bonds. The number of nitrogens with zero attached hydrogens (tertiary/aromatic N) is 2. The van der Waals surface area contributed by atoms with E-state index < -0.39 is 71.1 Å². The van der Waals surface area contributed by atoms with Crippen LogP contribution in [-0.4, -0.2) is 105 Å². The number of ketones is 4. The van der Waals surface area contributed by atoms with Gasteiger partial charge in [-0.3, -0.25) is 47.9 Å². The molecule has 0 radical (unpaired) electrons. The number of carbonyl (C=O) groups is 10. The molecule has 8 atom stereocenters. The molecule has 8 aromatic carbocycles. The predicted molar refractivity (Wildman–Crippen MR) is 402 cm³/mol. The predicted octanol–water partition coefficient (Wildman–Crippen LogP) is 13.1. The van der Waals surface area contributed by atoms with Gasteiger partial charge in [0, 0.05) is 65.5 Å². The second-order valence-corrected chi connectivity index (χ2v) is 28.2. The summed E-state index contributed by atoms with van der Waals surface area (Å²) >= 11 is 4.64. The van der Waals surface area contributed by atoms with E-state index in [2.05, 4.69) is 27.6 Å². The number of aryl methyl sites for hydroxylation is 2. The smallest absolute Gasteiger partial charge is 0.224 e. The van der Waals surface area contributed by atoms with Gasteiger partial charge in [0.15, 0.2) is 23.1 Å². The van der Waals surface area contributed by atoms with Crippen molar-refractivity contribution in [3.63, 3.8) is 0 Å². The Hall–Kier alpha value is -10.8. The van der Waals surface area contributed by atoms with Crippen molar-refractivity contribution in [3.8, 4) is 23.0 Å². The number of nitrogens with one attached hydrogen (secondary N) is 3. The van der Waals surface area contributed by atoms with Crippen molar-refractivity contribution in [1.29, 1.82) is 0 Å². The molecule has 107 heavy (non-hydrogen) atoms. The maximum atomic E-state index is 14.5. The number of ether oxygens (including phenoxy) is 2. The second-order valence-electron chi connectivity index (χ2n) is 27.6. The monoisotopic (exact) mass is 1470 g/mol. The first-order chi connectivity index (χ1) is 51.6. The van der Waals surface area contributed by atoms with Crippen LogP contribution in [0.2, 0.25) is 0 Å². The Kier molecular flexibility index (Phi) is 28.3. The molecule has 6 aliphatic heterocycles. The Morgan fingerprint density at radius 3 is 1.30 bits per heavy atom. The number of nitrogens with two attached hydrogens (primary N) is 1. The van der Waals surface area contributed by atoms with Gasteiger partial charge < -0.3 is 41.0 Å². The third-order valence-electron chi connectivity index (χ3n) is 19.7. The molecule has 6 heterocycles. The van der Waals surface area contributed by atoms with Crippen molar-refractivity contribution in [2.45, 2.75) is 153 Å². The zero-order chi connectivity index (χ0) is 75.9. The SMILES string of the molecule is CC(=O)Cl.CC(=O)N[C@H]1Cc2cccc(c2)Oc2ccc(cc2)C[C@@H](C(=O)CCc2ccccc2F)NC(=O)[C@H](CC(=O)N2CCC[C@@H]2c2ccccc2)CC1=O.N[C@H]1Cc2cccc(c2)Oc2ccc(cc2)C[C@@H](C(=O)CCc2ccccc2F)NC(=O)[C@H](CC(=O)N2CCC[C@@H]2c2ccccc2)CC1=O. The second kappa shape index (κ2) is 38.4. The number of fused-ring (bicyclic) bond motifs is 20. The first-order valence-corrected chi connectivity index (χ1v) is 36.7. The van der Waals surface area contributed by atoms with Crippen LogP contribution in [-0.2, 0) is 86.5 Å². The maximum Gasteiger partial charge on any atom is 0.224 e. The lowest BCUT2D eigenvalue weighted by molar-refractivity contribution is -0.139. The first kappa shape index (κ1) is 78.8. The summed E-state index contributed by atoms with van der Waals surface area (Å²) in [7, 11) is 0. The van der Waals surface area contributed by atoms with E-state index in [0.29, 0.717) is 47.2 Å². The third-order valence-corrected chi connectivity index (χ3v) is 19.7. The van der Waals surface area contributed by atoms with Gasteiger partial charge in [0.1, 0.15) is 34.6 Å². The highest BCUT2D eigenvalue weighted by Gasteiger charge is 2.39. The number of amides is 5. The molecule has 8 bridgehead atoms. The van der Waals surface area contributed by atoms with Gasteiger partial charge in [-0.25, -0.2) is 8.78 Å². The van der Waals surface area contributed by atoms with Crippen LogP contribution in [0, 0.1) is 23.5 Å². The normalized spacial score (nSPS) is 20.4. The Morgan fingerprint density at radius 2 is 0.879 bits per heavy atom. The van der Waals surface area contributed by atoms with E-state index >= 15 is 0 Å². The summed E-state index contributed by atoms with van der Waals surface area (Å²) in [5.74, 6) is -4.21. The van der Waals surface area contributed by atoms with Crippen molar-refractivity contribution in [1.82, 2.24) is 25.8 Å². The van der Waals surface area contributed by atoms with Crippen molar-refractivity contribution in [3.05, 3.63) is 262 Å². The van der Waals surface area contributed by atoms with E-state index in [0.717, 1.165) is 59.1 Å². The average molecular weight is 1470 g/mol. The third kappa shape index (κ3) is 23.1. The van der Waals surface area contributed by atoms with Crippen LogP contribution in [0.1, 0.15) is 135 Å². The summed E-state index contributed by atoms with van der Waals surface area (Å²) in [6, 6.07) is 56.8. The summed E-state index contributed by atoms with van der Waals surface area (Å²) < 4.78 is 41.0. The topological polar surface area (TPSA) is 258 Å². The molecule has 21 heteroatoms. The van der Waals surface area contributed by atoms with Gasteiger partial charge in [-0.2, -0.15) is 0 Å². The lowest BCUT2D eigenvalue weighted by Crippen LogP contribution is -2.48. The summed E-state index contributed by atoms with van der Waals surface area (Å²) in [6.07, 6.45) is 3.02. The zero-order valence-electron chi connectivity index (χ0n) is 60.0. The molecular formula is C86H89ClF2N6O12. The molecule has 0 aromatic heterocycles. The van der Waals surface area contributed by atoms with Crippen molar-refractivity contribution >= 4 is 69.5 Å². The molecule has 8 aromatic rings. The van der Waals surface area contributed by atoms with E-state index in [1.54, 1.807) is 88.7 Å². The molecule has 0 saturated carbocycles. The van der Waals surface area contributed by atoms with Crippen LogP contribution in [0.15, 0.2) is 206 Å². The van der Waals surface area contributed by atoms with Crippen LogP contribution in [0.5, 0.6) is 23.0 Å². The number of rotatable bonds is 15. The largest absolute Gasteiger partial charge is 0.457 e. The van der Waals surface area contributed by atoms with E-state index in [1.807, 2.05) is 115 Å². The molecular weight excluding hydrogens is 1380 g/mol. The Balaban J connectivity index is 0.000000218. The molecule has 0 aliphatic carbocycles. The molecule has 556 valence electrons. The number of carbonyl (C=O) groups excluding carboxylic acids is 10. The number of benzene rings is 8. The number of hydrogen-bond donors (Lipinski definition) is 4. The Bertz CT molecular complexity index is 4450. The van der Waals surface area contributed by atoms with Gasteiger partial charge in [-0.15, -0.1) is 0 Å². The van der Waals surface area contributed by atoms with Crippen molar-refractivity contribution < 1.29 is 66.2 Å². The van der Waals surface area contributed by atoms with E-state index in [-0.39, 0.29) is 124 Å². The van der Waals surface area contributed by atoms with Crippen LogP contribution in [0.4, 0.5) is 8.78 Å². The fraction of sp³-hybridized carbons (Fsp3) is 0.326. The van der Waals surface area contributed by atoms with Gasteiger partial charge >= 0.3 is 0 Å². The average Bonchev–Trinajstić information content (AvgIpc) is 1.45. The van der Waals surface area contributed by atoms with E-state index in [4.69, 9.17) is 15.2 Å². The highest BCUT2D eigenvalue weighted by Crippen LogP contribution is 2.36. The van der Waals surface area contributed by atoms with E-state index in [1.165, 1.54) is 26.0 Å². The fourth-order valence-corrected chi connectivity index (χ4v) is 14.2. The zero-order valence-corrected chi connectivity index (χ0v) is 60.7. The molecule has 6 aliphatic rings. The highest BCUT2D eigenvalue weighted by atomic mass is 35.5. The molecule has 0 unspecified atom stereocenters. The first-order valence-electron chi connectivity index (χ1n) is 36.4. The van der Waals surface area contributed by atoms with E-state index in [9.17, 15) is 56.7 Å².